The number of amides is 6. The van der Waals surface area contributed by atoms with Crippen molar-refractivity contribution < 1.29 is 301 Å². The van der Waals surface area contributed by atoms with E-state index in [2.05, 4.69) is 10.6 Å². The Labute approximate surface area is 898 Å². The molecule has 0 spiro atoms. The third-order valence-electron chi connectivity index (χ3n) is 23.4. The SMILES string of the molecule is CC(=O)N[C@@H]1[C@H]([C@H](OC(C)=O)[C@@H](COC(C)=O)OC(C)=O)O[C@@](O[C@H]2[C@@H](OC(C)=O)[C@@H](COS(=O)(=O)[O-])O[C@@H](O[C@H]3[C@@H](O)[C@@H](CO[C@@H]4O[C@H](COC(C)=O)[C@@H](O[C@@H]5O[C@H](COC(C)=O)[C@H](OC(C)=O)[C@H](OC(C)=O)[C@H]5N5C(=O)c6ccccc6C5=O)[C@H](O[C@@H]5O[C@@H](C)[C@@H](OC(C)=O)[C@@H](OC(C)=O)[C@@H]5OC(C)=O)[C@H]4N4C(=O)c5ccccc5C4=O)O[C@H](OCc4ccccc4)[C@@H]3NC(C)=O)[C@@H]2OC(C)=O)(C(=O)[O-])C[C@@H]1OC(C)=O.[Na+].[Na+]. The Bertz CT molecular complexity index is 5550. The standard InChI is InChI=1S/C92H110N4O51S.2Na/c1-37-69(131-45(9)104)78(136-50(14)109)80(137-51(15)110)89(128-37)145-77-66(95-82(113)54-26-20-21-27-55(54)83(95)114)87(140-62(35-124-42(6)101)72(77)143-88-67(96-84(115)56-28-22-23-29-57(56)85(96)116)76(135-49(13)108)71(133-47(11)106)61(141-88)34-123-41(5)100)126-32-59-68(112)74(65(94-39(3)98)86(139-59)125-31-53-24-18-17-19-25-53)144-90-81(138-52(16)111)79(73(134-48(12)107)63(142-90)36-127-148(119,120)121)147-92(91(117)118)30-58(129-43(7)102)64(93-38(2)97)75(146-92)70(132-46(10)105)60(130-44(8)103)33-122-40(4)99;;/h17-29,37,58-81,86-90,112H,30-36H2,1-16H3,(H,93,97)(H,94,98)(H,117,118)(H,119,120,121);;/q;2*+1/p-2/t37-,58-,59+,60+,61+,62+,63+,64-,65+,66+,67+,68-,69+,70+,71-,72+,73-,74+,75+,76+,77+,78+,79-,80-,81+,86-,87+,88-,89-,90-,92-;;/m0../s1. The van der Waals surface area contributed by atoms with Gasteiger partial charge in [-0.1, -0.05) is 54.6 Å². The van der Waals surface area contributed by atoms with Crippen molar-refractivity contribution in [2.75, 3.05) is 33.0 Å². The van der Waals surface area contributed by atoms with Crippen molar-refractivity contribution in [2.45, 2.75) is 313 Å². The molecule has 3 aromatic carbocycles. The number of nitrogens with zero attached hydrogens (tertiary/aromatic N) is 2. The quantitative estimate of drug-likeness (QED) is 0.0119. The van der Waals surface area contributed by atoms with Gasteiger partial charge in [0.1, 0.15) is 111 Å². The van der Waals surface area contributed by atoms with Crippen LogP contribution in [-0.2, 0) is 216 Å². The van der Waals surface area contributed by atoms with E-state index in [0.29, 0.717) is 29.2 Å². The fourth-order valence-electron chi connectivity index (χ4n) is 18.1. The maximum absolute atomic E-state index is 16.0. The molecular weight excluding hydrogens is 2060 g/mol. The molecular formula is C92H108N4Na2O51S. The summed E-state index contributed by atoms with van der Waals surface area (Å²) >= 11 is 0. The van der Waals surface area contributed by atoms with Crippen molar-refractivity contribution in [3.63, 3.8) is 0 Å². The Morgan fingerprint density at radius 2 is 0.813 bits per heavy atom. The van der Waals surface area contributed by atoms with Gasteiger partial charge in [0.05, 0.1) is 54.2 Å². The number of benzene rings is 3. The Kier molecular flexibility index (Phi) is 43.5. The van der Waals surface area contributed by atoms with Gasteiger partial charge in [-0.2, -0.15) is 0 Å². The second-order valence-corrected chi connectivity index (χ2v) is 35.7. The van der Waals surface area contributed by atoms with Gasteiger partial charge in [0.2, 0.25) is 28.0 Å². The Balaban J connectivity index is 0.0000125. The molecule has 6 amide bonds. The van der Waals surface area contributed by atoms with E-state index in [0.717, 1.165) is 90.0 Å². The summed E-state index contributed by atoms with van der Waals surface area (Å²) < 4.78 is 197. The summed E-state index contributed by atoms with van der Waals surface area (Å²) in [5.74, 6) is -29.5. The number of esters is 13. The van der Waals surface area contributed by atoms with Crippen molar-refractivity contribution in [2.24, 2.45) is 0 Å². The molecule has 8 aliphatic heterocycles. The van der Waals surface area contributed by atoms with E-state index in [1.54, 1.807) is 18.2 Å². The van der Waals surface area contributed by atoms with Gasteiger partial charge in [-0.05, 0) is 36.8 Å². The molecule has 6 fully saturated rings. The van der Waals surface area contributed by atoms with Crippen molar-refractivity contribution in [1.29, 1.82) is 0 Å². The molecule has 0 aromatic heterocycles. The number of aliphatic carboxylic acids is 1. The van der Waals surface area contributed by atoms with Crippen LogP contribution in [0, 0.1) is 0 Å². The molecule has 0 saturated carbocycles. The van der Waals surface area contributed by atoms with E-state index in [4.69, 9.17) is 123 Å². The first kappa shape index (κ1) is 122. The monoisotopic (exact) mass is 2160 g/mol. The van der Waals surface area contributed by atoms with Gasteiger partial charge in [0.25, 0.3) is 23.6 Å². The molecule has 31 atom stereocenters. The molecule has 6 saturated heterocycles. The van der Waals surface area contributed by atoms with E-state index in [9.17, 15) is 99.9 Å². The summed E-state index contributed by atoms with van der Waals surface area (Å²) in [7, 11) is -6.03. The number of ether oxygens (including phenoxy) is 25. The number of hydrogen-bond acceptors (Lipinski definition) is 51. The van der Waals surface area contributed by atoms with Crippen molar-refractivity contribution in [3.8, 4) is 0 Å². The second kappa shape index (κ2) is 53.4. The van der Waals surface area contributed by atoms with Crippen LogP contribution in [0.25, 0.3) is 0 Å². The molecule has 58 heteroatoms. The van der Waals surface area contributed by atoms with Crippen LogP contribution in [0.4, 0.5) is 0 Å². The molecule has 810 valence electrons. The Hall–Kier alpha value is -11.2. The van der Waals surface area contributed by atoms with E-state index < -0.39 is 376 Å². The smallest absolute Gasteiger partial charge is 0.726 e. The molecule has 0 aliphatic carbocycles. The predicted molar refractivity (Wildman–Crippen MR) is 467 cm³/mol. The fraction of sp³-hybridized carbons (Fsp3) is 0.587. The molecule has 150 heavy (non-hydrogen) atoms. The molecule has 55 nitrogen and oxygen atoms in total. The fourth-order valence-corrected chi connectivity index (χ4v) is 18.4. The number of carbonyl (C=O) groups is 20. The Morgan fingerprint density at radius 3 is 1.29 bits per heavy atom. The number of carbonyl (C=O) groups excluding carboxylic acids is 20. The molecule has 3 N–H and O–H groups in total. The maximum Gasteiger partial charge on any atom is 1.00 e. The van der Waals surface area contributed by atoms with Crippen LogP contribution in [-0.4, -0.2) is 370 Å². The number of imide groups is 2. The first-order chi connectivity index (χ1) is 69.6. The van der Waals surface area contributed by atoms with Gasteiger partial charge in [0.15, 0.2) is 86.4 Å². The number of carboxylic acids is 1. The minimum Gasteiger partial charge on any atom is -0.726 e. The normalized spacial score (nSPS) is 30.8. The van der Waals surface area contributed by atoms with Gasteiger partial charge >= 0.3 is 137 Å². The third kappa shape index (κ3) is 30.7. The number of hydrogen-bond donors (Lipinski definition) is 3. The number of rotatable bonds is 40. The molecule has 8 aliphatic rings. The third-order valence-corrected chi connectivity index (χ3v) is 23.8. The van der Waals surface area contributed by atoms with Crippen LogP contribution in [0.3, 0.4) is 0 Å². The van der Waals surface area contributed by atoms with Gasteiger partial charge in [-0.3, -0.25) is 105 Å². The zero-order chi connectivity index (χ0) is 109. The number of aliphatic hydroxyl groups excluding tert-OH is 1. The van der Waals surface area contributed by atoms with Crippen molar-refractivity contribution in [1.82, 2.24) is 20.4 Å². The topological polar surface area (TPSA) is 712 Å². The van der Waals surface area contributed by atoms with E-state index in [-0.39, 0.29) is 70.2 Å². The maximum atomic E-state index is 16.0. The molecule has 0 radical (unpaired) electrons. The van der Waals surface area contributed by atoms with Crippen LogP contribution in [0.1, 0.15) is 164 Å². The summed E-state index contributed by atoms with van der Waals surface area (Å²) in [4.78, 5) is 280. The molecule has 3 aromatic rings. The van der Waals surface area contributed by atoms with E-state index >= 15 is 19.2 Å². The second-order valence-electron chi connectivity index (χ2n) is 34.7. The summed E-state index contributed by atoms with van der Waals surface area (Å²) in [5, 5.41) is 33.3. The van der Waals surface area contributed by atoms with Gasteiger partial charge in [-0.25, -0.2) is 8.42 Å². The number of aliphatic hydroxyl groups is 1. The van der Waals surface area contributed by atoms with Crippen LogP contribution in [0.2, 0.25) is 0 Å². The first-order valence-electron chi connectivity index (χ1n) is 45.6. The van der Waals surface area contributed by atoms with Gasteiger partial charge in [0, 0.05) is 110 Å². The molecule has 0 unspecified atom stereocenters. The number of carboxylic acid groups (broad SMARTS) is 1. The zero-order valence-electron chi connectivity index (χ0n) is 83.9. The molecule has 11 rings (SSSR count). The van der Waals surface area contributed by atoms with Crippen molar-refractivity contribution in [3.05, 3.63) is 107 Å². The average Bonchev–Trinajstić information content (AvgIpc) is 1.44. The largest absolute Gasteiger partial charge is 1.00 e. The summed E-state index contributed by atoms with van der Waals surface area (Å²) in [6.45, 7) is 6.80. The van der Waals surface area contributed by atoms with E-state index in [1.165, 1.54) is 67.6 Å². The van der Waals surface area contributed by atoms with Gasteiger partial charge < -0.3 is 149 Å². The molecule has 0 bridgehead atoms. The number of fused-ring (bicyclic) bond motifs is 2. The van der Waals surface area contributed by atoms with Crippen LogP contribution >= 0.6 is 0 Å². The first-order valence-corrected chi connectivity index (χ1v) is 46.9. The molecule has 8 heterocycles. The average molecular weight is 2160 g/mol. The minimum atomic E-state index is -6.03. The van der Waals surface area contributed by atoms with Crippen LogP contribution in [0.15, 0.2) is 78.9 Å². The Morgan fingerprint density at radius 1 is 0.413 bits per heavy atom. The van der Waals surface area contributed by atoms with Crippen LogP contribution in [0.5, 0.6) is 0 Å². The van der Waals surface area contributed by atoms with E-state index in [1.807, 2.05) is 0 Å². The summed E-state index contributed by atoms with van der Waals surface area (Å²) in [5.41, 5.74) is -1.15. The summed E-state index contributed by atoms with van der Waals surface area (Å²) in [6.07, 6.45) is -62.7. The van der Waals surface area contributed by atoms with Crippen LogP contribution < -0.4 is 74.9 Å². The zero-order valence-corrected chi connectivity index (χ0v) is 88.8. The van der Waals surface area contributed by atoms with Crippen molar-refractivity contribution >= 4 is 129 Å². The number of nitrogens with one attached hydrogen (secondary N) is 2. The summed E-state index contributed by atoms with van der Waals surface area (Å²) in [6, 6.07) is 8.81. The predicted octanol–water partition coefficient (Wildman–Crippen LogP) is -9.17. The minimum absolute atomic E-state index is 0. The van der Waals surface area contributed by atoms with Gasteiger partial charge in [-0.15, -0.1) is 0 Å².